The molecule has 1 heterocycles. The first-order chi connectivity index (χ1) is 11.5. The summed E-state index contributed by atoms with van der Waals surface area (Å²) >= 11 is 1.01. The lowest BCUT2D eigenvalue weighted by atomic mass is 10.1. The molecule has 25 heavy (non-hydrogen) atoms. The fourth-order valence-electron chi connectivity index (χ4n) is 1.60. The van der Waals surface area contributed by atoms with Crippen molar-refractivity contribution in [2.24, 2.45) is 0 Å². The molecule has 0 aliphatic carbocycles. The number of nitrogens with one attached hydrogen (secondary N) is 2. The van der Waals surface area contributed by atoms with Gasteiger partial charge in [-0.2, -0.15) is 0 Å². The molecule has 0 spiro atoms. The number of hydrogen-bond acceptors (Lipinski definition) is 8. The highest BCUT2D eigenvalue weighted by molar-refractivity contribution is 8.00. The van der Waals surface area contributed by atoms with Crippen LogP contribution < -0.4 is 16.4 Å². The number of imide groups is 1. The monoisotopic (exact) mass is 369 g/mol. The standard InChI is InChI=1S/C15H23N5O4S/c1-6-24-12(22)9-7-17-14(18-10(9)16)25-8(2)11(21)19-13(23)20-15(3,4)5/h7-8H,6H2,1-5H3,(H2,16,17,18)(H2,19,20,21,23)/t8-/m0/s1. The van der Waals surface area contributed by atoms with Crippen molar-refractivity contribution in [3.05, 3.63) is 11.8 Å². The zero-order valence-electron chi connectivity index (χ0n) is 14.9. The van der Waals surface area contributed by atoms with Gasteiger partial charge >= 0.3 is 12.0 Å². The molecule has 1 rings (SSSR count). The maximum Gasteiger partial charge on any atom is 0.343 e. The fraction of sp³-hybridized carbons (Fsp3) is 0.533. The summed E-state index contributed by atoms with van der Waals surface area (Å²) in [6, 6.07) is -0.581. The van der Waals surface area contributed by atoms with Gasteiger partial charge < -0.3 is 15.8 Å². The lowest BCUT2D eigenvalue weighted by molar-refractivity contribution is -0.119. The Morgan fingerprint density at radius 1 is 1.36 bits per heavy atom. The van der Waals surface area contributed by atoms with Gasteiger partial charge in [-0.15, -0.1) is 0 Å². The SMILES string of the molecule is CCOC(=O)c1cnc(S[C@@H](C)C(=O)NC(=O)NC(C)(C)C)nc1N. The average molecular weight is 369 g/mol. The summed E-state index contributed by atoms with van der Waals surface area (Å²) < 4.78 is 4.84. The second-order valence-electron chi connectivity index (χ2n) is 6.13. The van der Waals surface area contributed by atoms with E-state index in [1.54, 1.807) is 34.6 Å². The first-order valence-electron chi connectivity index (χ1n) is 7.62. The van der Waals surface area contributed by atoms with Crippen molar-refractivity contribution < 1.29 is 19.1 Å². The molecule has 0 saturated heterocycles. The number of carbonyl (C=O) groups is 3. The number of thioether (sulfide) groups is 1. The second-order valence-corrected chi connectivity index (χ2v) is 7.43. The molecule has 0 bridgehead atoms. The van der Waals surface area contributed by atoms with Crippen molar-refractivity contribution in [1.29, 1.82) is 0 Å². The molecule has 3 amide bonds. The molecule has 0 saturated carbocycles. The van der Waals surface area contributed by atoms with Crippen LogP contribution in [-0.2, 0) is 9.53 Å². The summed E-state index contributed by atoms with van der Waals surface area (Å²) in [5.41, 5.74) is 5.33. The molecule has 9 nitrogen and oxygen atoms in total. The number of nitrogen functional groups attached to an aromatic ring is 1. The van der Waals surface area contributed by atoms with E-state index in [9.17, 15) is 14.4 Å². The highest BCUT2D eigenvalue weighted by Crippen LogP contribution is 2.21. The molecule has 0 aliphatic heterocycles. The number of esters is 1. The van der Waals surface area contributed by atoms with Gasteiger partial charge in [0.05, 0.1) is 11.9 Å². The molecule has 0 fully saturated rings. The Balaban J connectivity index is 2.69. The molecule has 0 aromatic carbocycles. The number of ether oxygens (including phenoxy) is 1. The van der Waals surface area contributed by atoms with Crippen LogP contribution in [-0.4, -0.2) is 45.3 Å². The predicted molar refractivity (Wildman–Crippen MR) is 94.1 cm³/mol. The van der Waals surface area contributed by atoms with E-state index in [2.05, 4.69) is 20.6 Å². The van der Waals surface area contributed by atoms with Crippen molar-refractivity contribution in [3.8, 4) is 0 Å². The number of amides is 3. The summed E-state index contributed by atoms with van der Waals surface area (Å²) in [5, 5.41) is 4.45. The van der Waals surface area contributed by atoms with E-state index in [4.69, 9.17) is 10.5 Å². The minimum absolute atomic E-state index is 0.0333. The lowest BCUT2D eigenvalue weighted by Gasteiger charge is -2.21. The van der Waals surface area contributed by atoms with Gasteiger partial charge in [0.25, 0.3) is 0 Å². The lowest BCUT2D eigenvalue weighted by Crippen LogP contribution is -2.49. The zero-order valence-corrected chi connectivity index (χ0v) is 15.7. The molecule has 138 valence electrons. The van der Waals surface area contributed by atoms with Crippen LogP contribution in [0.3, 0.4) is 0 Å². The van der Waals surface area contributed by atoms with E-state index >= 15 is 0 Å². The highest BCUT2D eigenvalue weighted by Gasteiger charge is 2.22. The van der Waals surface area contributed by atoms with Gasteiger partial charge in [-0.1, -0.05) is 11.8 Å². The Morgan fingerprint density at radius 2 is 2.00 bits per heavy atom. The molecule has 4 N–H and O–H groups in total. The van der Waals surface area contributed by atoms with Crippen LogP contribution in [0.25, 0.3) is 0 Å². The number of urea groups is 1. The minimum Gasteiger partial charge on any atom is -0.462 e. The van der Waals surface area contributed by atoms with Crippen LogP contribution in [0.4, 0.5) is 10.6 Å². The molecule has 1 aromatic heterocycles. The van der Waals surface area contributed by atoms with E-state index < -0.39 is 28.7 Å². The largest absolute Gasteiger partial charge is 0.462 e. The number of nitrogens with two attached hydrogens (primary N) is 1. The van der Waals surface area contributed by atoms with Gasteiger partial charge in [-0.25, -0.2) is 19.6 Å². The van der Waals surface area contributed by atoms with Crippen molar-refractivity contribution in [1.82, 2.24) is 20.6 Å². The van der Waals surface area contributed by atoms with Crippen LogP contribution in [0, 0.1) is 0 Å². The van der Waals surface area contributed by atoms with Gasteiger partial charge in [0.2, 0.25) is 5.91 Å². The van der Waals surface area contributed by atoms with Crippen LogP contribution in [0.2, 0.25) is 0 Å². The van der Waals surface area contributed by atoms with Crippen molar-refractivity contribution in [2.45, 2.75) is 50.6 Å². The molecule has 1 aromatic rings. The first-order valence-corrected chi connectivity index (χ1v) is 8.50. The van der Waals surface area contributed by atoms with Crippen LogP contribution in [0.1, 0.15) is 45.0 Å². The van der Waals surface area contributed by atoms with Crippen molar-refractivity contribution in [2.75, 3.05) is 12.3 Å². The van der Waals surface area contributed by atoms with Crippen molar-refractivity contribution in [3.63, 3.8) is 0 Å². The molecule has 0 unspecified atom stereocenters. The third-order valence-corrected chi connectivity index (χ3v) is 3.64. The van der Waals surface area contributed by atoms with E-state index in [-0.39, 0.29) is 23.1 Å². The fourth-order valence-corrected chi connectivity index (χ4v) is 2.34. The molecule has 10 heteroatoms. The summed E-state index contributed by atoms with van der Waals surface area (Å²) in [7, 11) is 0. The minimum atomic E-state index is -0.640. The Labute approximate surface area is 150 Å². The summed E-state index contributed by atoms with van der Waals surface area (Å²) in [6.45, 7) is 8.89. The third kappa shape index (κ3) is 6.96. The van der Waals surface area contributed by atoms with E-state index in [1.165, 1.54) is 6.20 Å². The Bertz CT molecular complexity index is 660. The third-order valence-electron chi connectivity index (χ3n) is 2.67. The summed E-state index contributed by atoms with van der Waals surface area (Å²) in [5.74, 6) is -1.14. The van der Waals surface area contributed by atoms with Gasteiger partial charge in [0, 0.05) is 11.7 Å². The topological polar surface area (TPSA) is 136 Å². The predicted octanol–water partition coefficient (Wildman–Crippen LogP) is 1.34. The van der Waals surface area contributed by atoms with Gasteiger partial charge in [-0.05, 0) is 34.6 Å². The first kappa shape index (κ1) is 20.7. The van der Waals surface area contributed by atoms with E-state index in [1.807, 2.05) is 0 Å². The van der Waals surface area contributed by atoms with Crippen LogP contribution >= 0.6 is 11.8 Å². The number of nitrogens with zero attached hydrogens (tertiary/aromatic N) is 2. The Hall–Kier alpha value is -2.36. The molecule has 0 radical (unpaired) electrons. The number of carbonyl (C=O) groups excluding carboxylic acids is 3. The quantitative estimate of drug-likeness (QED) is 0.402. The van der Waals surface area contributed by atoms with E-state index in [0.717, 1.165) is 11.8 Å². The number of aromatic nitrogens is 2. The van der Waals surface area contributed by atoms with E-state index in [0.29, 0.717) is 0 Å². The Morgan fingerprint density at radius 3 is 2.52 bits per heavy atom. The molecule has 0 aliphatic rings. The number of anilines is 1. The maximum absolute atomic E-state index is 12.0. The average Bonchev–Trinajstić information content (AvgIpc) is 2.45. The van der Waals surface area contributed by atoms with Gasteiger partial charge in [0.1, 0.15) is 11.4 Å². The number of rotatable bonds is 5. The van der Waals surface area contributed by atoms with Crippen LogP contribution in [0.15, 0.2) is 11.4 Å². The van der Waals surface area contributed by atoms with Crippen LogP contribution in [0.5, 0.6) is 0 Å². The molecule has 1 atom stereocenters. The van der Waals surface area contributed by atoms with Crippen molar-refractivity contribution >= 4 is 35.5 Å². The zero-order chi connectivity index (χ0) is 19.2. The highest BCUT2D eigenvalue weighted by atomic mass is 32.2. The molecular weight excluding hydrogens is 346 g/mol. The normalized spacial score (nSPS) is 12.2. The summed E-state index contributed by atoms with van der Waals surface area (Å²) in [6.07, 6.45) is 1.25. The maximum atomic E-state index is 12.0. The van der Waals surface area contributed by atoms with Gasteiger partial charge in [0.15, 0.2) is 5.16 Å². The Kier molecular flexibility index (Phi) is 7.16. The van der Waals surface area contributed by atoms with Gasteiger partial charge in [-0.3, -0.25) is 10.1 Å². The number of hydrogen-bond donors (Lipinski definition) is 3. The second kappa shape index (κ2) is 8.65. The smallest absolute Gasteiger partial charge is 0.343 e. The molecular formula is C15H23N5O4S. The summed E-state index contributed by atoms with van der Waals surface area (Å²) in [4.78, 5) is 43.4.